The van der Waals surface area contributed by atoms with Gasteiger partial charge >= 0.3 is 6.18 Å². The minimum absolute atomic E-state index is 0.00562. The van der Waals surface area contributed by atoms with E-state index in [1.807, 2.05) is 5.32 Å². The monoisotopic (exact) mass is 559 g/mol. The van der Waals surface area contributed by atoms with Crippen LogP contribution in [0.4, 0.5) is 13.2 Å². The maximum Gasteiger partial charge on any atom is 0.416 e. The average molecular weight is 560 g/mol. The normalized spacial score (nSPS) is 15.3. The van der Waals surface area contributed by atoms with E-state index in [4.69, 9.17) is 5.73 Å². The Morgan fingerprint density at radius 3 is 1.97 bits per heavy atom. The number of benzene rings is 1. The maximum atomic E-state index is 13.1. The number of nitrogens with one attached hydrogen (secondary N) is 4. The molecular weight excluding hydrogens is 523 g/mol. The summed E-state index contributed by atoms with van der Waals surface area (Å²) in [6.07, 6.45) is -9.18. The Morgan fingerprint density at radius 1 is 0.897 bits per heavy atom. The standard InChI is InChI=1S/C25H36F3N5O6/c1-13(2)20(31-15(4)34)24(39)33-18(12-16-8-6-5-7-9-16)23(38)30-14(3)22(37)32-17(10-11-19(29)35)21(36)25(26,27)28/h5-9,13-14,17-18,20-21,36H,10-12H2,1-4H3,(H2,29,35)(H,30,38)(H,31,34)(H,32,37)(H,33,39). The van der Waals surface area contributed by atoms with Crippen molar-refractivity contribution in [3.05, 3.63) is 35.9 Å². The average Bonchev–Trinajstić information content (AvgIpc) is 2.83. The van der Waals surface area contributed by atoms with E-state index in [-0.39, 0.29) is 12.3 Å². The zero-order valence-corrected chi connectivity index (χ0v) is 22.2. The number of hydrogen-bond donors (Lipinski definition) is 6. The number of halogens is 3. The summed E-state index contributed by atoms with van der Waals surface area (Å²) in [6.45, 7) is 5.84. The highest BCUT2D eigenvalue weighted by atomic mass is 19.4. The van der Waals surface area contributed by atoms with Gasteiger partial charge in [-0.15, -0.1) is 0 Å². The molecule has 218 valence electrons. The first-order chi connectivity index (χ1) is 18.0. The Kier molecular flexibility index (Phi) is 12.9. The fourth-order valence-corrected chi connectivity index (χ4v) is 3.60. The fourth-order valence-electron chi connectivity index (χ4n) is 3.60. The number of carbonyl (C=O) groups excluding carboxylic acids is 5. The van der Waals surface area contributed by atoms with Crippen molar-refractivity contribution in [2.45, 2.75) is 83.4 Å². The number of rotatable bonds is 14. The second kappa shape index (κ2) is 15.0. The molecule has 5 amide bonds. The van der Waals surface area contributed by atoms with Crippen LogP contribution in [0.2, 0.25) is 0 Å². The first-order valence-electron chi connectivity index (χ1n) is 12.3. The van der Waals surface area contributed by atoms with Crippen LogP contribution in [0.25, 0.3) is 0 Å². The first kappa shape index (κ1) is 33.3. The van der Waals surface area contributed by atoms with Gasteiger partial charge < -0.3 is 32.1 Å². The molecule has 5 unspecified atom stereocenters. The molecule has 5 atom stereocenters. The molecule has 0 saturated carbocycles. The van der Waals surface area contributed by atoms with E-state index in [0.717, 1.165) is 0 Å². The van der Waals surface area contributed by atoms with Gasteiger partial charge in [-0.25, -0.2) is 0 Å². The van der Waals surface area contributed by atoms with Gasteiger partial charge in [0.25, 0.3) is 0 Å². The highest BCUT2D eigenvalue weighted by Gasteiger charge is 2.44. The molecule has 39 heavy (non-hydrogen) atoms. The molecule has 0 aliphatic carbocycles. The maximum absolute atomic E-state index is 13.1. The Labute approximate surface area is 224 Å². The van der Waals surface area contributed by atoms with E-state index in [0.29, 0.717) is 5.56 Å². The van der Waals surface area contributed by atoms with Crippen LogP contribution >= 0.6 is 0 Å². The summed E-state index contributed by atoms with van der Waals surface area (Å²) in [7, 11) is 0. The van der Waals surface area contributed by atoms with Crippen molar-refractivity contribution < 1.29 is 42.3 Å². The highest BCUT2D eigenvalue weighted by molar-refractivity contribution is 5.94. The lowest BCUT2D eigenvalue weighted by atomic mass is 10.0. The third-order valence-corrected chi connectivity index (χ3v) is 5.72. The van der Waals surface area contributed by atoms with Crippen molar-refractivity contribution in [1.29, 1.82) is 0 Å². The van der Waals surface area contributed by atoms with Crippen molar-refractivity contribution in [3.8, 4) is 0 Å². The Balaban J connectivity index is 3.06. The van der Waals surface area contributed by atoms with Gasteiger partial charge in [0.05, 0.1) is 6.04 Å². The molecular formula is C25H36F3N5O6. The van der Waals surface area contributed by atoms with Gasteiger partial charge in [-0.3, -0.25) is 24.0 Å². The predicted molar refractivity (Wildman–Crippen MR) is 135 cm³/mol. The van der Waals surface area contributed by atoms with Crippen LogP contribution in [0.1, 0.15) is 46.1 Å². The molecule has 0 heterocycles. The molecule has 0 saturated heterocycles. The molecule has 1 aromatic rings. The van der Waals surface area contributed by atoms with Crippen molar-refractivity contribution in [2.24, 2.45) is 11.7 Å². The van der Waals surface area contributed by atoms with E-state index in [1.165, 1.54) is 13.8 Å². The summed E-state index contributed by atoms with van der Waals surface area (Å²) in [4.78, 5) is 61.3. The third-order valence-electron chi connectivity index (χ3n) is 5.72. The zero-order chi connectivity index (χ0) is 29.9. The minimum Gasteiger partial charge on any atom is -0.382 e. The number of hydrogen-bond acceptors (Lipinski definition) is 6. The van der Waals surface area contributed by atoms with E-state index < -0.39 is 78.8 Å². The SMILES string of the molecule is CC(=O)NC(C(=O)NC(Cc1ccccc1)C(=O)NC(C)C(=O)NC(CCC(N)=O)C(O)C(F)(F)F)C(C)C. The molecule has 0 spiro atoms. The highest BCUT2D eigenvalue weighted by Crippen LogP contribution is 2.24. The number of carbonyl (C=O) groups is 5. The molecule has 0 aliphatic rings. The molecule has 1 rings (SSSR count). The Hall–Kier alpha value is -3.68. The van der Waals surface area contributed by atoms with Crippen molar-refractivity contribution in [1.82, 2.24) is 21.3 Å². The van der Waals surface area contributed by atoms with Gasteiger partial charge in [0.2, 0.25) is 29.5 Å². The summed E-state index contributed by atoms with van der Waals surface area (Å²) in [6, 6.07) is 3.15. The second-order valence-electron chi connectivity index (χ2n) is 9.51. The number of aliphatic hydroxyl groups excluding tert-OH is 1. The first-order valence-corrected chi connectivity index (χ1v) is 12.3. The van der Waals surface area contributed by atoms with Crippen LogP contribution in [0.5, 0.6) is 0 Å². The zero-order valence-electron chi connectivity index (χ0n) is 22.2. The van der Waals surface area contributed by atoms with Gasteiger partial charge in [0.1, 0.15) is 18.1 Å². The van der Waals surface area contributed by atoms with Gasteiger partial charge in [-0.2, -0.15) is 13.2 Å². The molecule has 0 aliphatic heterocycles. The minimum atomic E-state index is -5.09. The smallest absolute Gasteiger partial charge is 0.382 e. The van der Waals surface area contributed by atoms with E-state index in [9.17, 15) is 42.3 Å². The molecule has 0 radical (unpaired) electrons. The molecule has 0 aromatic heterocycles. The Morgan fingerprint density at radius 2 is 1.49 bits per heavy atom. The summed E-state index contributed by atoms with van der Waals surface area (Å²) in [5.74, 6) is -4.23. The summed E-state index contributed by atoms with van der Waals surface area (Å²) < 4.78 is 39.2. The van der Waals surface area contributed by atoms with Crippen LogP contribution in [0.3, 0.4) is 0 Å². The third kappa shape index (κ3) is 11.7. The van der Waals surface area contributed by atoms with Crippen LogP contribution in [-0.4, -0.2) is 71.1 Å². The van der Waals surface area contributed by atoms with Crippen molar-refractivity contribution in [2.75, 3.05) is 0 Å². The second-order valence-corrected chi connectivity index (χ2v) is 9.51. The lowest BCUT2D eigenvalue weighted by Crippen LogP contribution is -2.59. The van der Waals surface area contributed by atoms with Crippen LogP contribution in [-0.2, 0) is 30.4 Å². The van der Waals surface area contributed by atoms with Crippen molar-refractivity contribution in [3.63, 3.8) is 0 Å². The Bertz CT molecular complexity index is 1010. The van der Waals surface area contributed by atoms with Gasteiger partial charge in [-0.1, -0.05) is 44.2 Å². The van der Waals surface area contributed by atoms with E-state index in [1.54, 1.807) is 44.2 Å². The van der Waals surface area contributed by atoms with Crippen molar-refractivity contribution >= 4 is 29.5 Å². The van der Waals surface area contributed by atoms with E-state index >= 15 is 0 Å². The van der Waals surface area contributed by atoms with Gasteiger partial charge in [-0.05, 0) is 24.8 Å². The largest absolute Gasteiger partial charge is 0.416 e. The number of amides is 5. The molecule has 0 bridgehead atoms. The quantitative estimate of drug-likeness (QED) is 0.187. The summed E-state index contributed by atoms with van der Waals surface area (Å²) in [5, 5.41) is 19.1. The molecule has 11 nitrogen and oxygen atoms in total. The molecule has 1 aromatic carbocycles. The number of nitrogens with two attached hydrogens (primary N) is 1. The van der Waals surface area contributed by atoms with Gasteiger partial charge in [0.15, 0.2) is 6.10 Å². The number of primary amides is 1. The lowest BCUT2D eigenvalue weighted by Gasteiger charge is -2.28. The number of aliphatic hydroxyl groups is 1. The van der Waals surface area contributed by atoms with Gasteiger partial charge in [0, 0.05) is 19.8 Å². The topological polar surface area (TPSA) is 180 Å². The molecule has 7 N–H and O–H groups in total. The summed E-state index contributed by atoms with van der Waals surface area (Å²) in [5.41, 5.74) is 5.64. The van der Waals surface area contributed by atoms with Crippen LogP contribution in [0.15, 0.2) is 30.3 Å². The lowest BCUT2D eigenvalue weighted by molar-refractivity contribution is -0.212. The van der Waals surface area contributed by atoms with Crippen LogP contribution < -0.4 is 27.0 Å². The summed E-state index contributed by atoms with van der Waals surface area (Å²) >= 11 is 0. The fraction of sp³-hybridized carbons (Fsp3) is 0.560. The molecule has 14 heteroatoms. The van der Waals surface area contributed by atoms with E-state index in [2.05, 4.69) is 16.0 Å². The molecule has 0 fully saturated rings. The predicted octanol–water partition coefficient (Wildman–Crippen LogP) is 0.0528. The van der Waals surface area contributed by atoms with Crippen LogP contribution in [0, 0.1) is 5.92 Å². The number of alkyl halides is 3.